The van der Waals surface area contributed by atoms with Crippen LogP contribution in [-0.4, -0.2) is 12.8 Å². The van der Waals surface area contributed by atoms with Crippen molar-refractivity contribution in [2.75, 3.05) is 6.61 Å². The molecule has 3 rings (SSSR count). The topological polar surface area (TPSA) is 9.23 Å². The molecular weight excluding hydrogens is 363 g/mol. The lowest BCUT2D eigenvalue weighted by atomic mass is 9.98. The van der Waals surface area contributed by atoms with Gasteiger partial charge in [0.05, 0.1) is 5.56 Å². The summed E-state index contributed by atoms with van der Waals surface area (Å²) in [6.45, 7) is 0.552. The Kier molecular flexibility index (Phi) is 5.35. The molecule has 0 fully saturated rings. The second-order valence-electron chi connectivity index (χ2n) is 6.31. The van der Waals surface area contributed by atoms with E-state index in [0.717, 1.165) is 6.42 Å². The van der Waals surface area contributed by atoms with Crippen LogP contribution in [0.4, 0.5) is 22.0 Å². The fraction of sp³-hybridized carbons (Fsp3) is 0.238. The average molecular weight is 380 g/mol. The van der Waals surface area contributed by atoms with Crippen molar-refractivity contribution in [1.82, 2.24) is 0 Å². The van der Waals surface area contributed by atoms with Crippen molar-refractivity contribution in [3.8, 4) is 16.9 Å². The van der Waals surface area contributed by atoms with Crippen molar-refractivity contribution in [1.29, 1.82) is 0 Å². The molecule has 3 aromatic carbocycles. The van der Waals surface area contributed by atoms with Crippen LogP contribution in [0.2, 0.25) is 0 Å². The van der Waals surface area contributed by atoms with Crippen molar-refractivity contribution in [3.05, 3.63) is 65.7 Å². The second kappa shape index (κ2) is 7.55. The molecule has 0 atom stereocenters. The van der Waals surface area contributed by atoms with E-state index in [4.69, 9.17) is 4.74 Å². The molecular formula is C21H17F5O. The molecule has 0 N–H and O–H groups in total. The molecule has 0 amide bonds. The molecule has 0 saturated heterocycles. The first-order valence-corrected chi connectivity index (χ1v) is 8.48. The fourth-order valence-corrected chi connectivity index (χ4v) is 2.97. The van der Waals surface area contributed by atoms with Crippen LogP contribution in [0.1, 0.15) is 18.9 Å². The summed E-state index contributed by atoms with van der Waals surface area (Å²) in [4.78, 5) is 0. The molecule has 0 aromatic heterocycles. The van der Waals surface area contributed by atoms with E-state index in [1.54, 1.807) is 18.2 Å². The lowest BCUT2D eigenvalue weighted by Crippen LogP contribution is -2.19. The summed E-state index contributed by atoms with van der Waals surface area (Å²) in [5.41, 5.74) is 0.849. The monoisotopic (exact) mass is 380 g/mol. The molecule has 0 unspecified atom stereocenters. The summed E-state index contributed by atoms with van der Waals surface area (Å²) >= 11 is 0. The van der Waals surface area contributed by atoms with Gasteiger partial charge >= 0.3 is 6.18 Å². The van der Waals surface area contributed by atoms with Crippen molar-refractivity contribution < 1.29 is 26.7 Å². The van der Waals surface area contributed by atoms with Gasteiger partial charge in [-0.25, -0.2) is 8.78 Å². The summed E-state index contributed by atoms with van der Waals surface area (Å²) in [7, 11) is 0. The molecule has 0 saturated carbocycles. The number of alkyl halides is 3. The van der Waals surface area contributed by atoms with Gasteiger partial charge in [-0.15, -0.1) is 0 Å². The van der Waals surface area contributed by atoms with Gasteiger partial charge in [-0.1, -0.05) is 31.5 Å². The highest BCUT2D eigenvalue weighted by Gasteiger charge is 2.28. The SMILES string of the molecule is CCCc1cc(F)c(-c2ccc3cc(OCC(F)(F)F)ccc3c2)c(F)c1. The van der Waals surface area contributed by atoms with Gasteiger partial charge in [-0.3, -0.25) is 0 Å². The summed E-state index contributed by atoms with van der Waals surface area (Å²) in [5.74, 6) is -1.19. The van der Waals surface area contributed by atoms with Crippen molar-refractivity contribution in [3.63, 3.8) is 0 Å². The summed E-state index contributed by atoms with van der Waals surface area (Å²) in [6.07, 6.45) is -3.04. The summed E-state index contributed by atoms with van der Waals surface area (Å²) in [6, 6.07) is 11.8. The Morgan fingerprint density at radius 1 is 0.852 bits per heavy atom. The number of fused-ring (bicyclic) bond motifs is 1. The Bertz CT molecular complexity index is 939. The van der Waals surface area contributed by atoms with Crippen molar-refractivity contribution in [2.24, 2.45) is 0 Å². The lowest BCUT2D eigenvalue weighted by Gasteiger charge is -2.11. The molecule has 0 aliphatic carbocycles. The maximum Gasteiger partial charge on any atom is 0.422 e. The third-order valence-corrected chi connectivity index (χ3v) is 4.14. The highest BCUT2D eigenvalue weighted by atomic mass is 19.4. The molecule has 0 aliphatic rings. The Hall–Kier alpha value is -2.63. The summed E-state index contributed by atoms with van der Waals surface area (Å²) in [5, 5.41) is 1.25. The Morgan fingerprint density at radius 2 is 1.48 bits per heavy atom. The fourth-order valence-electron chi connectivity index (χ4n) is 2.97. The van der Waals surface area contributed by atoms with Gasteiger partial charge in [0.15, 0.2) is 6.61 Å². The van der Waals surface area contributed by atoms with E-state index in [2.05, 4.69) is 0 Å². The van der Waals surface area contributed by atoms with E-state index in [-0.39, 0.29) is 11.3 Å². The van der Waals surface area contributed by atoms with Gasteiger partial charge in [0.2, 0.25) is 0 Å². The van der Waals surface area contributed by atoms with Crippen LogP contribution in [0.25, 0.3) is 21.9 Å². The Labute approximate surface area is 153 Å². The number of hydrogen-bond acceptors (Lipinski definition) is 1. The molecule has 0 spiro atoms. The molecule has 3 aromatic rings. The number of hydrogen-bond donors (Lipinski definition) is 0. The molecule has 0 radical (unpaired) electrons. The standard InChI is InChI=1S/C21H17F5O/c1-2-3-13-8-18(22)20(19(23)9-13)16-5-4-15-11-17(7-6-14(15)10-16)27-12-21(24,25)26/h4-11H,2-3,12H2,1H3. The van der Waals surface area contributed by atoms with Gasteiger partial charge in [0, 0.05) is 0 Å². The van der Waals surface area contributed by atoms with Gasteiger partial charge in [0.1, 0.15) is 17.4 Å². The minimum atomic E-state index is -4.42. The molecule has 6 heteroatoms. The quantitative estimate of drug-likeness (QED) is 0.449. The van der Waals surface area contributed by atoms with Gasteiger partial charge < -0.3 is 4.74 Å². The Balaban J connectivity index is 1.93. The van der Waals surface area contributed by atoms with Gasteiger partial charge in [-0.2, -0.15) is 13.2 Å². The van der Waals surface area contributed by atoms with E-state index in [0.29, 0.717) is 28.3 Å². The maximum atomic E-state index is 14.4. The lowest BCUT2D eigenvalue weighted by molar-refractivity contribution is -0.153. The number of aryl methyl sites for hydroxylation is 1. The minimum absolute atomic E-state index is 0.0776. The average Bonchev–Trinajstić information content (AvgIpc) is 2.59. The smallest absolute Gasteiger partial charge is 0.422 e. The normalized spacial score (nSPS) is 11.8. The van der Waals surface area contributed by atoms with Crippen LogP contribution in [0.15, 0.2) is 48.5 Å². The van der Waals surface area contributed by atoms with E-state index in [1.165, 1.54) is 30.3 Å². The highest BCUT2D eigenvalue weighted by Crippen LogP contribution is 2.31. The van der Waals surface area contributed by atoms with Crippen molar-refractivity contribution in [2.45, 2.75) is 25.9 Å². The largest absolute Gasteiger partial charge is 0.484 e. The minimum Gasteiger partial charge on any atom is -0.484 e. The molecule has 1 nitrogen and oxygen atoms in total. The molecule has 27 heavy (non-hydrogen) atoms. The van der Waals surface area contributed by atoms with Crippen LogP contribution in [0.3, 0.4) is 0 Å². The number of ether oxygens (including phenoxy) is 1. The van der Waals surface area contributed by atoms with Crippen LogP contribution >= 0.6 is 0 Å². The van der Waals surface area contributed by atoms with Crippen LogP contribution in [-0.2, 0) is 6.42 Å². The van der Waals surface area contributed by atoms with Crippen LogP contribution in [0, 0.1) is 11.6 Å². The molecule has 142 valence electrons. The summed E-state index contributed by atoms with van der Waals surface area (Å²) < 4.78 is 70.3. The maximum absolute atomic E-state index is 14.4. The Morgan fingerprint density at radius 3 is 2.11 bits per heavy atom. The zero-order valence-electron chi connectivity index (χ0n) is 14.5. The van der Waals surface area contributed by atoms with Gasteiger partial charge in [-0.05, 0) is 58.7 Å². The second-order valence-corrected chi connectivity index (χ2v) is 6.31. The zero-order chi connectivity index (χ0) is 19.6. The predicted molar refractivity (Wildman–Crippen MR) is 94.8 cm³/mol. The number of halogens is 5. The van der Waals surface area contributed by atoms with Gasteiger partial charge in [0.25, 0.3) is 0 Å². The van der Waals surface area contributed by atoms with E-state index >= 15 is 0 Å². The predicted octanol–water partition coefficient (Wildman–Crippen LogP) is 6.68. The third kappa shape index (κ3) is 4.56. The van der Waals surface area contributed by atoms with E-state index < -0.39 is 24.4 Å². The zero-order valence-corrected chi connectivity index (χ0v) is 14.5. The van der Waals surface area contributed by atoms with E-state index in [1.807, 2.05) is 6.92 Å². The molecule has 0 aliphatic heterocycles. The third-order valence-electron chi connectivity index (χ3n) is 4.14. The molecule has 0 heterocycles. The number of benzene rings is 3. The van der Waals surface area contributed by atoms with Crippen molar-refractivity contribution >= 4 is 10.8 Å². The highest BCUT2D eigenvalue weighted by molar-refractivity contribution is 5.88. The van der Waals surface area contributed by atoms with Crippen LogP contribution in [0.5, 0.6) is 5.75 Å². The first-order valence-electron chi connectivity index (χ1n) is 8.48. The first-order chi connectivity index (χ1) is 12.8. The van der Waals surface area contributed by atoms with Crippen LogP contribution < -0.4 is 4.74 Å². The molecule has 0 bridgehead atoms. The van der Waals surface area contributed by atoms with E-state index in [9.17, 15) is 22.0 Å². The first kappa shape index (κ1) is 19.1. The number of rotatable bonds is 5.